The minimum absolute atomic E-state index is 0.867. The van der Waals surface area contributed by atoms with Crippen LogP contribution in [0.5, 0.6) is 5.75 Å². The Balaban J connectivity index is 1.86. The van der Waals surface area contributed by atoms with Crippen molar-refractivity contribution in [2.75, 3.05) is 7.11 Å². The molecular weight excluding hydrogens is 294 g/mol. The second kappa shape index (κ2) is 6.25. The fourth-order valence-corrected chi connectivity index (χ4v) is 3.22. The molecule has 0 saturated carbocycles. The Morgan fingerprint density at radius 2 is 1.62 bits per heavy atom. The van der Waals surface area contributed by atoms with Crippen molar-refractivity contribution in [2.45, 2.75) is 6.42 Å². The van der Waals surface area contributed by atoms with Crippen LogP contribution >= 0.6 is 0 Å². The average molecular weight is 313 g/mol. The normalized spacial score (nSPS) is 10.9. The van der Waals surface area contributed by atoms with Gasteiger partial charge in [0.1, 0.15) is 5.75 Å². The summed E-state index contributed by atoms with van der Waals surface area (Å²) in [6.07, 6.45) is 0.867. The van der Waals surface area contributed by atoms with Crippen molar-refractivity contribution in [2.24, 2.45) is 0 Å². The minimum Gasteiger partial charge on any atom is -0.497 e. The first kappa shape index (κ1) is 14.6. The molecule has 0 aliphatic heterocycles. The van der Waals surface area contributed by atoms with Gasteiger partial charge in [0.2, 0.25) is 0 Å². The molecule has 0 atom stereocenters. The third-order valence-electron chi connectivity index (χ3n) is 4.39. The van der Waals surface area contributed by atoms with E-state index in [2.05, 4.69) is 65.6 Å². The summed E-state index contributed by atoms with van der Waals surface area (Å²) in [6, 6.07) is 27.3. The topological polar surface area (TPSA) is 25.0 Å². The lowest BCUT2D eigenvalue weighted by atomic mass is 9.98. The smallest absolute Gasteiger partial charge is 0.119 e. The predicted octanol–water partition coefficient (Wildman–Crippen LogP) is 5.43. The second-order valence-corrected chi connectivity index (χ2v) is 5.92. The highest BCUT2D eigenvalue weighted by Crippen LogP contribution is 2.32. The number of para-hydroxylation sites is 1. The van der Waals surface area contributed by atoms with Gasteiger partial charge in [-0.05, 0) is 34.9 Å². The van der Waals surface area contributed by atoms with E-state index in [0.29, 0.717) is 0 Å². The van der Waals surface area contributed by atoms with E-state index in [-0.39, 0.29) is 0 Å². The number of hydrogen-bond donors (Lipinski definition) is 1. The summed E-state index contributed by atoms with van der Waals surface area (Å²) in [5.74, 6) is 0.897. The number of benzene rings is 3. The summed E-state index contributed by atoms with van der Waals surface area (Å²) in [6.45, 7) is 0. The molecule has 0 spiro atoms. The molecule has 1 N–H and O–H groups in total. The molecule has 2 nitrogen and oxygen atoms in total. The van der Waals surface area contributed by atoms with Crippen molar-refractivity contribution in [1.82, 2.24) is 4.98 Å². The number of nitrogens with one attached hydrogen (secondary N) is 1. The molecule has 0 unspecified atom stereocenters. The largest absolute Gasteiger partial charge is 0.497 e. The quantitative estimate of drug-likeness (QED) is 0.533. The van der Waals surface area contributed by atoms with Crippen molar-refractivity contribution in [1.29, 1.82) is 0 Å². The zero-order chi connectivity index (χ0) is 16.4. The Morgan fingerprint density at radius 1 is 0.833 bits per heavy atom. The van der Waals surface area contributed by atoms with Crippen LogP contribution in [0.2, 0.25) is 0 Å². The molecule has 3 aromatic carbocycles. The summed E-state index contributed by atoms with van der Waals surface area (Å²) >= 11 is 0. The summed E-state index contributed by atoms with van der Waals surface area (Å²) in [5.41, 5.74) is 6.15. The number of hydrogen-bond acceptors (Lipinski definition) is 1. The van der Waals surface area contributed by atoms with Crippen LogP contribution in [-0.4, -0.2) is 12.1 Å². The van der Waals surface area contributed by atoms with E-state index in [1.165, 1.54) is 33.3 Å². The number of fused-ring (bicyclic) bond motifs is 1. The van der Waals surface area contributed by atoms with Gasteiger partial charge in [0.05, 0.1) is 12.8 Å². The Kier molecular flexibility index (Phi) is 3.80. The molecular formula is C22H19NO. The Hall–Kier alpha value is -3.00. The highest BCUT2D eigenvalue weighted by atomic mass is 16.5. The standard InChI is InChI=1S/C22H19NO/c1-24-18-11-7-8-16(14-18)15-20-19-12-5-6-13-21(19)23-22(20)17-9-3-2-4-10-17/h2-14,23H,15H2,1H3. The summed E-state index contributed by atoms with van der Waals surface area (Å²) in [5, 5.41) is 1.28. The number of H-pyrrole nitrogens is 1. The molecule has 4 rings (SSSR count). The highest BCUT2D eigenvalue weighted by molar-refractivity contribution is 5.91. The molecule has 4 aromatic rings. The van der Waals surface area contributed by atoms with Gasteiger partial charge in [0, 0.05) is 17.3 Å². The molecule has 0 bridgehead atoms. The zero-order valence-electron chi connectivity index (χ0n) is 13.6. The van der Waals surface area contributed by atoms with Crippen LogP contribution in [0.4, 0.5) is 0 Å². The first-order chi connectivity index (χ1) is 11.8. The van der Waals surface area contributed by atoms with Crippen molar-refractivity contribution in [3.05, 3.63) is 90.0 Å². The molecule has 118 valence electrons. The first-order valence-electron chi connectivity index (χ1n) is 8.13. The van der Waals surface area contributed by atoms with Gasteiger partial charge in [0.25, 0.3) is 0 Å². The van der Waals surface area contributed by atoms with Gasteiger partial charge in [-0.1, -0.05) is 60.7 Å². The Labute approximate surface area is 141 Å². The van der Waals surface area contributed by atoms with Gasteiger partial charge in [-0.3, -0.25) is 0 Å². The number of methoxy groups -OCH3 is 1. The van der Waals surface area contributed by atoms with E-state index in [9.17, 15) is 0 Å². The van der Waals surface area contributed by atoms with Crippen LogP contribution in [0, 0.1) is 0 Å². The molecule has 0 aliphatic rings. The number of rotatable bonds is 4. The van der Waals surface area contributed by atoms with Crippen molar-refractivity contribution in [3.8, 4) is 17.0 Å². The molecule has 0 amide bonds. The fourth-order valence-electron chi connectivity index (χ4n) is 3.22. The maximum absolute atomic E-state index is 5.37. The van der Waals surface area contributed by atoms with Gasteiger partial charge < -0.3 is 9.72 Å². The molecule has 0 aliphatic carbocycles. The van der Waals surface area contributed by atoms with Crippen LogP contribution < -0.4 is 4.74 Å². The van der Waals surface area contributed by atoms with E-state index < -0.39 is 0 Å². The van der Waals surface area contributed by atoms with Crippen LogP contribution in [0.3, 0.4) is 0 Å². The number of ether oxygens (including phenoxy) is 1. The molecule has 0 saturated heterocycles. The van der Waals surface area contributed by atoms with E-state index in [4.69, 9.17) is 4.74 Å². The third-order valence-corrected chi connectivity index (χ3v) is 4.39. The predicted molar refractivity (Wildman–Crippen MR) is 99.5 cm³/mol. The first-order valence-corrected chi connectivity index (χ1v) is 8.13. The SMILES string of the molecule is COc1cccc(Cc2c(-c3ccccc3)[nH]c3ccccc23)c1. The lowest BCUT2D eigenvalue weighted by Crippen LogP contribution is -1.92. The lowest BCUT2D eigenvalue weighted by Gasteiger charge is -2.07. The molecule has 2 heteroatoms. The Bertz CT molecular complexity index is 970. The maximum atomic E-state index is 5.37. The summed E-state index contributed by atoms with van der Waals surface area (Å²) in [7, 11) is 1.71. The van der Waals surface area contributed by atoms with Gasteiger partial charge in [-0.2, -0.15) is 0 Å². The van der Waals surface area contributed by atoms with Gasteiger partial charge >= 0.3 is 0 Å². The lowest BCUT2D eigenvalue weighted by molar-refractivity contribution is 0.414. The van der Waals surface area contributed by atoms with Crippen molar-refractivity contribution in [3.63, 3.8) is 0 Å². The number of aromatic amines is 1. The van der Waals surface area contributed by atoms with Gasteiger partial charge in [-0.25, -0.2) is 0 Å². The minimum atomic E-state index is 0.867. The van der Waals surface area contributed by atoms with E-state index in [1.54, 1.807) is 7.11 Å². The number of aromatic nitrogens is 1. The van der Waals surface area contributed by atoms with Crippen LogP contribution in [0.25, 0.3) is 22.2 Å². The Morgan fingerprint density at radius 3 is 2.46 bits per heavy atom. The second-order valence-electron chi connectivity index (χ2n) is 5.92. The molecule has 1 aromatic heterocycles. The van der Waals surface area contributed by atoms with E-state index in [1.807, 2.05) is 18.2 Å². The summed E-state index contributed by atoms with van der Waals surface area (Å²) < 4.78 is 5.37. The molecule has 0 fully saturated rings. The summed E-state index contributed by atoms with van der Waals surface area (Å²) in [4.78, 5) is 3.60. The van der Waals surface area contributed by atoms with Crippen molar-refractivity contribution >= 4 is 10.9 Å². The van der Waals surface area contributed by atoms with Crippen LogP contribution in [-0.2, 0) is 6.42 Å². The fraction of sp³-hybridized carbons (Fsp3) is 0.0909. The van der Waals surface area contributed by atoms with Gasteiger partial charge in [0.15, 0.2) is 0 Å². The maximum Gasteiger partial charge on any atom is 0.119 e. The average Bonchev–Trinajstić information content (AvgIpc) is 3.01. The third kappa shape index (κ3) is 2.67. The monoisotopic (exact) mass is 313 g/mol. The zero-order valence-corrected chi connectivity index (χ0v) is 13.6. The molecule has 0 radical (unpaired) electrons. The van der Waals surface area contributed by atoms with Crippen LogP contribution in [0.15, 0.2) is 78.9 Å². The van der Waals surface area contributed by atoms with Crippen molar-refractivity contribution < 1.29 is 4.74 Å². The van der Waals surface area contributed by atoms with Crippen LogP contribution in [0.1, 0.15) is 11.1 Å². The van der Waals surface area contributed by atoms with Gasteiger partial charge in [-0.15, -0.1) is 0 Å². The highest BCUT2D eigenvalue weighted by Gasteiger charge is 2.13. The molecule has 1 heterocycles. The van der Waals surface area contributed by atoms with E-state index >= 15 is 0 Å². The van der Waals surface area contributed by atoms with E-state index in [0.717, 1.165) is 12.2 Å². The molecule has 24 heavy (non-hydrogen) atoms.